The van der Waals surface area contributed by atoms with Gasteiger partial charge < -0.3 is 34.4 Å². The van der Waals surface area contributed by atoms with E-state index in [2.05, 4.69) is 35.9 Å². The maximum Gasteiger partial charge on any atom is 0.472 e. The number of aliphatic hydroxyl groups is 2. The van der Waals surface area contributed by atoms with Gasteiger partial charge in [0.15, 0.2) is 6.10 Å². The molecule has 0 fully saturated rings. The van der Waals surface area contributed by atoms with Gasteiger partial charge in [-0.1, -0.05) is 166 Å². The molecule has 5 N–H and O–H groups in total. The minimum absolute atomic E-state index is 0.119. The molecule has 0 aliphatic carbocycles. The van der Waals surface area contributed by atoms with Crippen LogP contribution in [-0.4, -0.2) is 81.6 Å². The van der Waals surface area contributed by atoms with Gasteiger partial charge in [0.1, 0.15) is 12.7 Å². The molecule has 0 aliphatic heterocycles. The third-order valence-electron chi connectivity index (χ3n) is 9.54. The molecule has 0 saturated carbocycles. The summed E-state index contributed by atoms with van der Waals surface area (Å²) in [4.78, 5) is 52.7. The first-order chi connectivity index (χ1) is 28.6. The molecule has 2 unspecified atom stereocenters. The number of carbonyl (C=O) groups excluding carboxylic acids is 2. The number of allylic oxidation sites excluding steroid dienone is 4. The van der Waals surface area contributed by atoms with Crippen LogP contribution in [0.15, 0.2) is 36.5 Å². The Balaban J connectivity index is 4.53. The second-order valence-corrected chi connectivity index (χ2v) is 18.7. The summed E-state index contributed by atoms with van der Waals surface area (Å²) in [6, 6.07) is 0. The summed E-state index contributed by atoms with van der Waals surface area (Å²) in [5, 5.41) is 19.6. The summed E-state index contributed by atoms with van der Waals surface area (Å²) in [5.41, 5.74) is 0. The van der Waals surface area contributed by atoms with Crippen LogP contribution < -0.4 is 0 Å². The molecule has 0 rings (SSSR count). The molecule has 0 heterocycles. The Labute approximate surface area is 361 Å². The van der Waals surface area contributed by atoms with Gasteiger partial charge in [-0.25, -0.2) is 9.13 Å². The summed E-state index contributed by atoms with van der Waals surface area (Å²) < 4.78 is 47.8. The lowest BCUT2D eigenvalue weighted by Gasteiger charge is -2.20. The molecule has 0 aromatic carbocycles. The van der Waals surface area contributed by atoms with Gasteiger partial charge in [-0.05, 0) is 44.4 Å². The van der Waals surface area contributed by atoms with Crippen LogP contribution in [0.3, 0.4) is 0 Å². The molecule has 0 aromatic rings. The third kappa shape index (κ3) is 43.0. The Bertz CT molecular complexity index is 1240. The van der Waals surface area contributed by atoms with E-state index < -0.39 is 72.3 Å². The number of esters is 2. The van der Waals surface area contributed by atoms with Gasteiger partial charge in [0.2, 0.25) is 0 Å². The van der Waals surface area contributed by atoms with Gasteiger partial charge in [0, 0.05) is 12.8 Å². The van der Waals surface area contributed by atoms with Crippen LogP contribution in [0.5, 0.6) is 0 Å². The van der Waals surface area contributed by atoms with Crippen LogP contribution in [0.4, 0.5) is 0 Å². The van der Waals surface area contributed by atoms with Crippen molar-refractivity contribution in [1.29, 1.82) is 0 Å². The van der Waals surface area contributed by atoms with Crippen molar-refractivity contribution in [2.75, 3.05) is 26.4 Å². The first-order valence-corrected chi connectivity index (χ1v) is 25.7. The van der Waals surface area contributed by atoms with E-state index in [0.29, 0.717) is 19.3 Å². The number of phosphoric ester groups is 2. The van der Waals surface area contributed by atoms with Crippen LogP contribution in [-0.2, 0) is 41.8 Å². The van der Waals surface area contributed by atoms with E-state index in [9.17, 15) is 33.8 Å². The number of phosphoric acid groups is 2. The Morgan fingerprint density at radius 2 is 1.08 bits per heavy atom. The van der Waals surface area contributed by atoms with Gasteiger partial charge >= 0.3 is 27.6 Å². The monoisotopic (exact) mass is 897 g/mol. The first kappa shape index (κ1) is 58.3. The average molecular weight is 897 g/mol. The predicted molar refractivity (Wildman–Crippen MR) is 236 cm³/mol. The molecule has 4 atom stereocenters. The number of carbonyl (C=O) groups is 2. The second-order valence-electron chi connectivity index (χ2n) is 16.0. The molecular weight excluding hydrogens is 814 g/mol. The zero-order valence-electron chi connectivity index (χ0n) is 37.1. The Morgan fingerprint density at radius 3 is 1.63 bits per heavy atom. The van der Waals surface area contributed by atoms with E-state index in [1.54, 1.807) is 6.08 Å². The van der Waals surface area contributed by atoms with E-state index in [1.165, 1.54) is 70.6 Å². The highest BCUT2D eigenvalue weighted by Crippen LogP contribution is 2.43. The summed E-state index contributed by atoms with van der Waals surface area (Å²) in [5.74, 6) is -0.276. The molecule has 0 aliphatic rings. The highest BCUT2D eigenvalue weighted by molar-refractivity contribution is 7.47. The molecule has 14 nitrogen and oxygen atoms in total. The Kier molecular flexibility index (Phi) is 37.8. The van der Waals surface area contributed by atoms with Crippen molar-refractivity contribution in [1.82, 2.24) is 0 Å². The van der Waals surface area contributed by atoms with Crippen molar-refractivity contribution in [2.24, 2.45) is 5.92 Å². The van der Waals surface area contributed by atoms with Gasteiger partial charge in [-0.15, -0.1) is 0 Å². The standard InChI is InChI=1S/C44H82O14P2/c1-4-5-25-31-40(45)32-27-22-18-14-12-16-19-23-28-33-43(47)54-37-42(38-57-60(52,53)56-36-41(46)35-55-59(49,50)51)58-44(48)34-29-24-20-15-11-9-7-6-8-10-13-17-21-26-30-39(2)3/h5,18,22,25,27,32,39-42,45-46H,4,6-17,19-21,23-24,26,28-31,33-38H2,1-3H3,(H,52,53)(H2,49,50,51)/b22-18+,25-5+,32-27+/t40?,41-,42+/m0/s1. The Morgan fingerprint density at radius 1 is 0.583 bits per heavy atom. The van der Waals surface area contributed by atoms with E-state index in [0.717, 1.165) is 63.7 Å². The van der Waals surface area contributed by atoms with E-state index in [-0.39, 0.29) is 12.8 Å². The summed E-state index contributed by atoms with van der Waals surface area (Å²) in [7, 11) is -9.69. The zero-order chi connectivity index (χ0) is 44.7. The largest absolute Gasteiger partial charge is 0.472 e. The maximum absolute atomic E-state index is 12.7. The van der Waals surface area contributed by atoms with Crippen molar-refractivity contribution in [3.63, 3.8) is 0 Å². The topological polar surface area (TPSA) is 216 Å². The summed E-state index contributed by atoms with van der Waals surface area (Å²) >= 11 is 0. The summed E-state index contributed by atoms with van der Waals surface area (Å²) in [6.45, 7) is 3.85. The summed E-state index contributed by atoms with van der Waals surface area (Å²) in [6.07, 6.45) is 33.3. The average Bonchev–Trinajstić information content (AvgIpc) is 3.18. The van der Waals surface area contributed by atoms with E-state index in [1.807, 2.05) is 24.3 Å². The van der Waals surface area contributed by atoms with Crippen LogP contribution in [0.25, 0.3) is 0 Å². The van der Waals surface area contributed by atoms with Crippen molar-refractivity contribution in [2.45, 2.75) is 200 Å². The Hall–Kier alpha value is -1.70. The van der Waals surface area contributed by atoms with E-state index >= 15 is 0 Å². The van der Waals surface area contributed by atoms with E-state index in [4.69, 9.17) is 23.8 Å². The van der Waals surface area contributed by atoms with Crippen molar-refractivity contribution >= 4 is 27.6 Å². The molecule has 16 heteroatoms. The van der Waals surface area contributed by atoms with Crippen LogP contribution in [0.1, 0.15) is 181 Å². The van der Waals surface area contributed by atoms with Crippen LogP contribution in [0.2, 0.25) is 0 Å². The molecule has 352 valence electrons. The number of rotatable bonds is 42. The fourth-order valence-electron chi connectivity index (χ4n) is 6.10. The lowest BCUT2D eigenvalue weighted by molar-refractivity contribution is -0.161. The van der Waals surface area contributed by atoms with Gasteiger partial charge in [-0.3, -0.25) is 23.2 Å². The highest BCUT2D eigenvalue weighted by atomic mass is 31.2. The lowest BCUT2D eigenvalue weighted by Crippen LogP contribution is -2.30. The van der Waals surface area contributed by atoms with Crippen LogP contribution in [0, 0.1) is 5.92 Å². The maximum atomic E-state index is 12.7. The lowest BCUT2D eigenvalue weighted by atomic mass is 10.0. The van der Waals surface area contributed by atoms with Gasteiger partial charge in [0.25, 0.3) is 0 Å². The quantitative estimate of drug-likeness (QED) is 0.0127. The fraction of sp³-hybridized carbons (Fsp3) is 0.818. The smallest absolute Gasteiger partial charge is 0.462 e. The minimum atomic E-state index is -4.87. The predicted octanol–water partition coefficient (Wildman–Crippen LogP) is 10.5. The third-order valence-corrected chi connectivity index (χ3v) is 11.0. The molecule has 0 saturated heterocycles. The van der Waals surface area contributed by atoms with Crippen LogP contribution >= 0.6 is 15.6 Å². The number of aliphatic hydroxyl groups excluding tert-OH is 2. The van der Waals surface area contributed by atoms with Gasteiger partial charge in [-0.2, -0.15) is 0 Å². The molecular formula is C44H82O14P2. The van der Waals surface area contributed by atoms with Crippen molar-refractivity contribution < 1.29 is 66.7 Å². The second kappa shape index (κ2) is 38.9. The van der Waals surface area contributed by atoms with Crippen molar-refractivity contribution in [3.05, 3.63) is 36.5 Å². The SMILES string of the molecule is CC/C=C/CC(O)/C=C/C=C/CCCCCCCC(=O)OC[C@H](COP(=O)(O)OC[C@@H](O)COP(=O)(O)O)OC(=O)CCCCCCCCCCCCCCCCC(C)C. The molecule has 0 amide bonds. The minimum Gasteiger partial charge on any atom is -0.462 e. The number of hydrogen-bond donors (Lipinski definition) is 5. The normalized spacial score (nSPS) is 14.9. The molecule has 0 radical (unpaired) electrons. The molecule has 0 aromatic heterocycles. The highest BCUT2D eigenvalue weighted by Gasteiger charge is 2.28. The molecule has 0 spiro atoms. The number of ether oxygens (including phenoxy) is 2. The molecule has 60 heavy (non-hydrogen) atoms. The fourth-order valence-corrected chi connectivity index (χ4v) is 7.25. The van der Waals surface area contributed by atoms with Crippen molar-refractivity contribution in [3.8, 4) is 0 Å². The zero-order valence-corrected chi connectivity index (χ0v) is 38.9. The molecule has 0 bridgehead atoms. The number of unbranched alkanes of at least 4 members (excludes halogenated alkanes) is 18. The van der Waals surface area contributed by atoms with Gasteiger partial charge in [0.05, 0.1) is 25.9 Å². The first-order valence-electron chi connectivity index (χ1n) is 22.6. The number of hydrogen-bond acceptors (Lipinski definition) is 11.